The number of nitrogens with zero attached hydrogens (tertiary/aromatic N) is 3. The van der Waals surface area contributed by atoms with Gasteiger partial charge in [0.15, 0.2) is 0 Å². The van der Waals surface area contributed by atoms with Crippen molar-refractivity contribution >= 4 is 11.3 Å². The molecule has 1 unspecified atom stereocenters. The minimum atomic E-state index is 0.587. The molecule has 0 bridgehead atoms. The minimum Gasteiger partial charge on any atom is -0.293 e. The fraction of sp³-hybridized carbons (Fsp3) is 0.467. The number of aryl methyl sites for hydroxylation is 1. The third-order valence-corrected chi connectivity index (χ3v) is 3.00. The summed E-state index contributed by atoms with van der Waals surface area (Å²) >= 11 is 0. The molecule has 0 N–H and O–H groups in total. The zero-order valence-corrected chi connectivity index (χ0v) is 12.0. The fourth-order valence-corrected chi connectivity index (χ4v) is 1.49. The van der Waals surface area contributed by atoms with Crippen LogP contribution in [0, 0.1) is 5.92 Å². The van der Waals surface area contributed by atoms with Crippen molar-refractivity contribution < 1.29 is 0 Å². The van der Waals surface area contributed by atoms with Crippen LogP contribution in [0.1, 0.15) is 32.8 Å². The van der Waals surface area contributed by atoms with Gasteiger partial charge in [0.05, 0.1) is 6.20 Å². The van der Waals surface area contributed by atoms with E-state index in [0.717, 1.165) is 23.3 Å². The maximum absolute atomic E-state index is 4.22. The van der Waals surface area contributed by atoms with Crippen molar-refractivity contribution in [2.45, 2.75) is 27.2 Å². The van der Waals surface area contributed by atoms with Crippen LogP contribution in [-0.2, 0) is 7.05 Å². The molecule has 0 radical (unpaired) electrons. The normalized spacial score (nSPS) is 15.4. The second-order valence-corrected chi connectivity index (χ2v) is 4.61. The molecule has 0 fully saturated rings. The van der Waals surface area contributed by atoms with E-state index in [1.807, 2.05) is 38.1 Å². The summed E-state index contributed by atoms with van der Waals surface area (Å²) in [5.41, 5.74) is 3.30. The predicted molar refractivity (Wildman–Crippen MR) is 78.8 cm³/mol. The molecule has 0 aliphatic carbocycles. The molecule has 0 amide bonds. The number of allylic oxidation sites excluding steroid dienone is 4. The summed E-state index contributed by atoms with van der Waals surface area (Å²) in [5.74, 6) is 0.587. The van der Waals surface area contributed by atoms with E-state index in [1.165, 1.54) is 0 Å². The van der Waals surface area contributed by atoms with Gasteiger partial charge in [0.1, 0.15) is 0 Å². The van der Waals surface area contributed by atoms with Crippen LogP contribution in [0.2, 0.25) is 0 Å². The first-order valence-electron chi connectivity index (χ1n) is 6.39. The lowest BCUT2D eigenvalue weighted by Crippen LogP contribution is -1.90. The highest BCUT2D eigenvalue weighted by molar-refractivity contribution is 6.00. The van der Waals surface area contributed by atoms with Crippen molar-refractivity contribution in [3.8, 4) is 0 Å². The Morgan fingerprint density at radius 2 is 2.28 bits per heavy atom. The van der Waals surface area contributed by atoms with E-state index in [-0.39, 0.29) is 0 Å². The molecule has 3 nitrogen and oxygen atoms in total. The quantitative estimate of drug-likeness (QED) is 0.577. The second-order valence-electron chi connectivity index (χ2n) is 4.61. The van der Waals surface area contributed by atoms with Gasteiger partial charge in [0.2, 0.25) is 0 Å². The maximum Gasteiger partial charge on any atom is 0.0568 e. The van der Waals surface area contributed by atoms with Gasteiger partial charge in [-0.15, -0.1) is 0 Å². The van der Waals surface area contributed by atoms with Gasteiger partial charge in [-0.1, -0.05) is 32.4 Å². The summed E-state index contributed by atoms with van der Waals surface area (Å²) in [6.45, 7) is 6.42. The van der Waals surface area contributed by atoms with E-state index in [0.29, 0.717) is 5.92 Å². The molecule has 0 aromatic carbocycles. The molecule has 1 aromatic rings. The monoisotopic (exact) mass is 245 g/mol. The van der Waals surface area contributed by atoms with Gasteiger partial charge in [-0.05, 0) is 24.5 Å². The van der Waals surface area contributed by atoms with Crippen LogP contribution in [0.5, 0.6) is 0 Å². The number of rotatable bonds is 5. The molecule has 98 valence electrons. The Labute approximate surface area is 110 Å². The first-order valence-corrected chi connectivity index (χ1v) is 6.39. The summed E-state index contributed by atoms with van der Waals surface area (Å²) in [5, 5.41) is 4.22. The van der Waals surface area contributed by atoms with Crippen LogP contribution in [-0.4, -0.2) is 22.5 Å². The van der Waals surface area contributed by atoms with Crippen molar-refractivity contribution in [1.82, 2.24) is 9.78 Å². The molecule has 1 atom stereocenters. The minimum absolute atomic E-state index is 0.587. The molecule has 0 spiro atoms. The van der Waals surface area contributed by atoms with E-state index in [2.05, 4.69) is 42.2 Å². The SMILES string of the molecule is CCC(C)/C=C\C(=C/C(C)=NC)c1cnn(C)c1. The van der Waals surface area contributed by atoms with E-state index < -0.39 is 0 Å². The van der Waals surface area contributed by atoms with E-state index in [1.54, 1.807) is 0 Å². The van der Waals surface area contributed by atoms with Gasteiger partial charge in [0.25, 0.3) is 0 Å². The number of aliphatic imine (C=N–C) groups is 1. The van der Waals surface area contributed by atoms with Gasteiger partial charge >= 0.3 is 0 Å². The Bertz CT molecular complexity index is 464. The lowest BCUT2D eigenvalue weighted by Gasteiger charge is -2.02. The van der Waals surface area contributed by atoms with E-state index in [4.69, 9.17) is 0 Å². The van der Waals surface area contributed by atoms with Crippen LogP contribution >= 0.6 is 0 Å². The molecule has 0 saturated carbocycles. The van der Waals surface area contributed by atoms with Crippen molar-refractivity contribution in [3.05, 3.63) is 36.2 Å². The summed E-state index contributed by atoms with van der Waals surface area (Å²) < 4.78 is 1.82. The van der Waals surface area contributed by atoms with E-state index >= 15 is 0 Å². The Kier molecular flexibility index (Phi) is 5.56. The highest BCUT2D eigenvalue weighted by Crippen LogP contribution is 2.17. The fourth-order valence-electron chi connectivity index (χ4n) is 1.49. The van der Waals surface area contributed by atoms with Crippen LogP contribution in [0.4, 0.5) is 0 Å². The Hall–Kier alpha value is -1.64. The number of hydrogen-bond acceptors (Lipinski definition) is 2. The second kappa shape index (κ2) is 6.94. The summed E-state index contributed by atoms with van der Waals surface area (Å²) in [6.07, 6.45) is 11.6. The molecule has 0 aliphatic rings. The molecule has 0 aliphatic heterocycles. The van der Waals surface area contributed by atoms with Crippen molar-refractivity contribution in [2.75, 3.05) is 7.05 Å². The van der Waals surface area contributed by atoms with Gasteiger partial charge in [-0.2, -0.15) is 5.10 Å². The Balaban J connectivity index is 3.04. The lowest BCUT2D eigenvalue weighted by molar-refractivity contribution is 0.698. The number of hydrogen-bond donors (Lipinski definition) is 0. The molecule has 0 saturated heterocycles. The highest BCUT2D eigenvalue weighted by Gasteiger charge is 2.02. The molecule has 18 heavy (non-hydrogen) atoms. The standard InChI is InChI=1S/C15H23N3/c1-6-12(2)7-8-14(9-13(3)16-4)15-10-17-18(5)11-15/h7-12H,6H2,1-5H3/b8-7-,14-9+,16-13?. The van der Waals surface area contributed by atoms with Crippen LogP contribution in [0.25, 0.3) is 5.57 Å². The molecular formula is C15H23N3. The average Bonchev–Trinajstić information content (AvgIpc) is 2.80. The highest BCUT2D eigenvalue weighted by atomic mass is 15.2. The first-order chi connectivity index (χ1) is 8.56. The third kappa shape index (κ3) is 4.32. The van der Waals surface area contributed by atoms with Gasteiger partial charge in [-0.3, -0.25) is 9.67 Å². The first kappa shape index (κ1) is 14.4. The van der Waals surface area contributed by atoms with Gasteiger partial charge in [0, 0.05) is 31.6 Å². The van der Waals surface area contributed by atoms with Crippen molar-refractivity contribution in [2.24, 2.45) is 18.0 Å². The van der Waals surface area contributed by atoms with Crippen LogP contribution in [0.15, 0.2) is 35.6 Å². The van der Waals surface area contributed by atoms with Gasteiger partial charge in [-0.25, -0.2) is 0 Å². The molecule has 3 heteroatoms. The average molecular weight is 245 g/mol. The lowest BCUT2D eigenvalue weighted by atomic mass is 10.0. The molecule has 1 rings (SSSR count). The van der Waals surface area contributed by atoms with Crippen molar-refractivity contribution in [3.63, 3.8) is 0 Å². The zero-order chi connectivity index (χ0) is 13.5. The predicted octanol–water partition coefficient (Wildman–Crippen LogP) is 3.50. The molecule has 1 aromatic heterocycles. The van der Waals surface area contributed by atoms with Crippen LogP contribution in [0.3, 0.4) is 0 Å². The number of aromatic nitrogens is 2. The topological polar surface area (TPSA) is 30.2 Å². The summed E-state index contributed by atoms with van der Waals surface area (Å²) in [4.78, 5) is 4.19. The summed E-state index contributed by atoms with van der Waals surface area (Å²) in [7, 11) is 3.74. The maximum atomic E-state index is 4.22. The summed E-state index contributed by atoms with van der Waals surface area (Å²) in [6, 6.07) is 0. The zero-order valence-electron chi connectivity index (χ0n) is 12.0. The molecule has 1 heterocycles. The van der Waals surface area contributed by atoms with Crippen LogP contribution < -0.4 is 0 Å². The largest absolute Gasteiger partial charge is 0.293 e. The van der Waals surface area contributed by atoms with E-state index in [9.17, 15) is 0 Å². The van der Waals surface area contributed by atoms with Crippen molar-refractivity contribution in [1.29, 1.82) is 0 Å². The Morgan fingerprint density at radius 3 is 2.78 bits per heavy atom. The third-order valence-electron chi connectivity index (χ3n) is 3.00. The Morgan fingerprint density at radius 1 is 1.56 bits per heavy atom. The smallest absolute Gasteiger partial charge is 0.0568 e. The molecular weight excluding hydrogens is 222 g/mol. The van der Waals surface area contributed by atoms with Gasteiger partial charge < -0.3 is 0 Å².